The zero-order valence-electron chi connectivity index (χ0n) is 14.0. The number of carbonyl (C=O) groups excluding carboxylic acids is 1. The number of carbonyl (C=O) groups is 1. The number of pyridine rings is 1. The molecule has 3 atom stereocenters. The molecule has 25 heavy (non-hydrogen) atoms. The maximum atomic E-state index is 13.7. The molecule has 0 spiro atoms. The Morgan fingerprint density at radius 3 is 2.96 bits per heavy atom. The highest BCUT2D eigenvalue weighted by atomic mass is 32.2. The lowest BCUT2D eigenvalue weighted by atomic mass is 10.1. The van der Waals surface area contributed by atoms with E-state index in [1.165, 1.54) is 6.20 Å². The van der Waals surface area contributed by atoms with Crippen molar-refractivity contribution in [2.75, 3.05) is 32.3 Å². The summed E-state index contributed by atoms with van der Waals surface area (Å²) in [5.74, 6) is -1.20. The van der Waals surface area contributed by atoms with Crippen molar-refractivity contribution in [3.63, 3.8) is 0 Å². The topological polar surface area (TPSA) is 66.4 Å². The Bertz CT molecular complexity index is 699. The minimum absolute atomic E-state index is 0.179. The van der Waals surface area contributed by atoms with Crippen LogP contribution in [-0.4, -0.2) is 58.9 Å². The zero-order valence-corrected chi connectivity index (χ0v) is 14.8. The van der Waals surface area contributed by atoms with Crippen LogP contribution in [0.5, 0.6) is 0 Å². The van der Waals surface area contributed by atoms with E-state index in [0.29, 0.717) is 11.3 Å². The molecule has 9 heteroatoms. The molecule has 1 aromatic heterocycles. The van der Waals surface area contributed by atoms with E-state index in [9.17, 15) is 18.4 Å². The van der Waals surface area contributed by atoms with Crippen LogP contribution < -0.4 is 16.2 Å². The van der Waals surface area contributed by atoms with Gasteiger partial charge in [0.15, 0.2) is 5.82 Å². The van der Waals surface area contributed by atoms with Crippen LogP contribution in [0, 0.1) is 5.82 Å². The maximum absolute atomic E-state index is 13.7. The SMILES string of the molecule is CN1CNC(C2CCC(C(=O)Nc3cc(F)c(=O)n(CCF)c3)S2)C1. The first-order valence-corrected chi connectivity index (χ1v) is 9.26. The molecule has 2 aliphatic rings. The van der Waals surface area contributed by atoms with Gasteiger partial charge in [0.05, 0.1) is 17.5 Å². The van der Waals surface area contributed by atoms with Gasteiger partial charge in [-0.05, 0) is 19.9 Å². The molecule has 2 N–H and O–H groups in total. The molecule has 138 valence electrons. The van der Waals surface area contributed by atoms with Crippen molar-refractivity contribution >= 4 is 23.4 Å². The Hall–Kier alpha value is -1.45. The average molecular weight is 372 g/mol. The highest BCUT2D eigenvalue weighted by Gasteiger charge is 2.37. The number of halogens is 2. The molecular weight excluding hydrogens is 350 g/mol. The number of nitrogens with zero attached hydrogens (tertiary/aromatic N) is 2. The minimum atomic E-state index is -0.999. The predicted octanol–water partition coefficient (Wildman–Crippen LogP) is 1.02. The van der Waals surface area contributed by atoms with Gasteiger partial charge in [0.1, 0.15) is 6.67 Å². The normalized spacial score (nSPS) is 26.9. The number of anilines is 1. The standard InChI is InChI=1S/C16H22F2N4O2S/c1-21-8-12(19-9-21)13-2-3-14(25-13)15(23)20-10-6-11(18)16(24)22(7-10)5-4-17/h6-7,12-14,19H,2-5,8-9H2,1H3,(H,20,23). The number of thioether (sulfide) groups is 1. The number of aromatic nitrogens is 1. The number of amides is 1. The molecule has 1 amide bonds. The molecule has 3 unspecified atom stereocenters. The number of alkyl halides is 1. The minimum Gasteiger partial charge on any atom is -0.324 e. The van der Waals surface area contributed by atoms with E-state index < -0.39 is 18.1 Å². The molecule has 2 aliphatic heterocycles. The van der Waals surface area contributed by atoms with Crippen molar-refractivity contribution in [3.8, 4) is 0 Å². The molecule has 0 aromatic carbocycles. The smallest absolute Gasteiger partial charge is 0.286 e. The highest BCUT2D eigenvalue weighted by Crippen LogP contribution is 2.37. The van der Waals surface area contributed by atoms with Gasteiger partial charge in [-0.15, -0.1) is 11.8 Å². The summed E-state index contributed by atoms with van der Waals surface area (Å²) in [4.78, 5) is 26.2. The summed E-state index contributed by atoms with van der Waals surface area (Å²) in [7, 11) is 2.05. The van der Waals surface area contributed by atoms with E-state index in [1.54, 1.807) is 11.8 Å². The molecule has 1 aromatic rings. The van der Waals surface area contributed by atoms with E-state index >= 15 is 0 Å². The lowest BCUT2D eigenvalue weighted by molar-refractivity contribution is -0.115. The number of likely N-dealkylation sites (N-methyl/N-ethyl adjacent to an activating group) is 1. The molecule has 2 saturated heterocycles. The number of rotatable bonds is 5. The van der Waals surface area contributed by atoms with Gasteiger partial charge in [0.25, 0.3) is 5.56 Å². The van der Waals surface area contributed by atoms with Crippen LogP contribution in [0.25, 0.3) is 0 Å². The molecular formula is C16H22F2N4O2S. The summed E-state index contributed by atoms with van der Waals surface area (Å²) < 4.78 is 27.1. The van der Waals surface area contributed by atoms with Gasteiger partial charge in [0, 0.05) is 36.8 Å². The van der Waals surface area contributed by atoms with E-state index in [4.69, 9.17) is 0 Å². The van der Waals surface area contributed by atoms with Crippen LogP contribution >= 0.6 is 11.8 Å². The number of aryl methyl sites for hydroxylation is 1. The number of hydrogen-bond acceptors (Lipinski definition) is 5. The second-order valence-electron chi connectivity index (χ2n) is 6.50. The second kappa shape index (κ2) is 7.84. The van der Waals surface area contributed by atoms with Crippen LogP contribution in [0.15, 0.2) is 17.1 Å². The molecule has 0 bridgehead atoms. The van der Waals surface area contributed by atoms with Gasteiger partial charge in [-0.2, -0.15) is 0 Å². The van der Waals surface area contributed by atoms with E-state index in [1.807, 2.05) is 0 Å². The fourth-order valence-electron chi connectivity index (χ4n) is 3.29. The average Bonchev–Trinajstić information content (AvgIpc) is 3.21. The molecule has 3 rings (SSSR count). The summed E-state index contributed by atoms with van der Waals surface area (Å²) >= 11 is 1.64. The Labute approximate surface area is 149 Å². The van der Waals surface area contributed by atoms with Gasteiger partial charge in [-0.3, -0.25) is 19.8 Å². The highest BCUT2D eigenvalue weighted by molar-refractivity contribution is 8.01. The Morgan fingerprint density at radius 1 is 1.48 bits per heavy atom. The molecule has 0 saturated carbocycles. The van der Waals surface area contributed by atoms with Crippen LogP contribution in [0.2, 0.25) is 0 Å². The van der Waals surface area contributed by atoms with Crippen molar-refractivity contribution in [1.82, 2.24) is 14.8 Å². The molecule has 6 nitrogen and oxygen atoms in total. The molecule has 3 heterocycles. The third-order valence-electron chi connectivity index (χ3n) is 4.56. The Morgan fingerprint density at radius 2 is 2.28 bits per heavy atom. The molecule has 2 fully saturated rings. The van der Waals surface area contributed by atoms with Gasteiger partial charge >= 0.3 is 0 Å². The zero-order chi connectivity index (χ0) is 18.0. The van der Waals surface area contributed by atoms with Crippen molar-refractivity contribution in [2.24, 2.45) is 0 Å². The summed E-state index contributed by atoms with van der Waals surface area (Å²) in [6.07, 6.45) is 2.99. The number of nitrogens with one attached hydrogen (secondary N) is 2. The predicted molar refractivity (Wildman–Crippen MR) is 94.1 cm³/mol. The first kappa shape index (κ1) is 18.3. The van der Waals surface area contributed by atoms with Crippen molar-refractivity contribution < 1.29 is 13.6 Å². The molecule has 0 aliphatic carbocycles. The maximum Gasteiger partial charge on any atom is 0.286 e. The lowest BCUT2D eigenvalue weighted by Crippen LogP contribution is -2.34. The first-order valence-electron chi connectivity index (χ1n) is 8.32. The lowest BCUT2D eigenvalue weighted by Gasteiger charge is -2.18. The van der Waals surface area contributed by atoms with Gasteiger partial charge in [-0.25, -0.2) is 8.78 Å². The quantitative estimate of drug-likeness (QED) is 0.808. The summed E-state index contributed by atoms with van der Waals surface area (Å²) in [5, 5.41) is 6.27. The first-order chi connectivity index (χ1) is 12.0. The molecule has 0 radical (unpaired) electrons. The summed E-state index contributed by atoms with van der Waals surface area (Å²) in [6.45, 7) is 0.805. The number of hydrogen-bond donors (Lipinski definition) is 2. The van der Waals surface area contributed by atoms with E-state index in [0.717, 1.165) is 36.7 Å². The van der Waals surface area contributed by atoms with Crippen molar-refractivity contribution in [3.05, 3.63) is 28.4 Å². The third-order valence-corrected chi connectivity index (χ3v) is 6.25. The van der Waals surface area contributed by atoms with Crippen LogP contribution in [-0.2, 0) is 11.3 Å². The van der Waals surface area contributed by atoms with Gasteiger partial charge < -0.3 is 9.88 Å². The fraction of sp³-hybridized carbons (Fsp3) is 0.625. The second-order valence-corrected chi connectivity index (χ2v) is 7.95. The van der Waals surface area contributed by atoms with Crippen LogP contribution in [0.1, 0.15) is 12.8 Å². The van der Waals surface area contributed by atoms with Crippen LogP contribution in [0.4, 0.5) is 14.5 Å². The van der Waals surface area contributed by atoms with Crippen molar-refractivity contribution in [1.29, 1.82) is 0 Å². The monoisotopic (exact) mass is 372 g/mol. The third kappa shape index (κ3) is 4.21. The Kier molecular flexibility index (Phi) is 5.75. The summed E-state index contributed by atoms with van der Waals surface area (Å²) in [5.41, 5.74) is -0.708. The Balaban J connectivity index is 1.62. The van der Waals surface area contributed by atoms with Gasteiger partial charge in [0.2, 0.25) is 5.91 Å². The fourth-order valence-corrected chi connectivity index (χ4v) is 4.81. The van der Waals surface area contributed by atoms with E-state index in [2.05, 4.69) is 22.6 Å². The van der Waals surface area contributed by atoms with Crippen molar-refractivity contribution in [2.45, 2.75) is 35.9 Å². The largest absolute Gasteiger partial charge is 0.324 e. The van der Waals surface area contributed by atoms with E-state index in [-0.39, 0.29) is 23.4 Å². The summed E-state index contributed by atoms with van der Waals surface area (Å²) in [6, 6.07) is 1.36. The van der Waals surface area contributed by atoms with Crippen LogP contribution in [0.3, 0.4) is 0 Å². The van der Waals surface area contributed by atoms with Gasteiger partial charge in [-0.1, -0.05) is 0 Å².